The Kier molecular flexibility index (Phi) is 9.44. The first-order valence-electron chi connectivity index (χ1n) is 9.02. The predicted molar refractivity (Wildman–Crippen MR) is 134 cm³/mol. The molecule has 0 aromatic heterocycles. The first-order chi connectivity index (χ1) is 14.2. The summed E-state index contributed by atoms with van der Waals surface area (Å²) in [5.74, 6) is 0. The average molecular weight is 611 g/mol. The summed E-state index contributed by atoms with van der Waals surface area (Å²) in [6.45, 7) is 0. The van der Waals surface area contributed by atoms with Crippen LogP contribution < -0.4 is 0 Å². The van der Waals surface area contributed by atoms with Crippen molar-refractivity contribution in [3.05, 3.63) is 111 Å². The number of hydrogen-bond donors (Lipinski definition) is 0. The van der Waals surface area contributed by atoms with Crippen molar-refractivity contribution in [1.29, 1.82) is 0 Å². The topological polar surface area (TPSA) is 0 Å². The summed E-state index contributed by atoms with van der Waals surface area (Å²) >= 11 is 4.48. The average Bonchev–Trinajstić information content (AvgIpc) is 3.39. The molecule has 0 spiro atoms. The summed E-state index contributed by atoms with van der Waals surface area (Å²) in [5, 5.41) is 0.491. The first-order valence-corrected chi connectivity index (χ1v) is 17.0. The second-order valence-electron chi connectivity index (χ2n) is 6.60. The van der Waals surface area contributed by atoms with Gasteiger partial charge in [-0.3, -0.25) is 0 Å². The van der Waals surface area contributed by atoms with Gasteiger partial charge in [0.2, 0.25) is 0 Å². The van der Waals surface area contributed by atoms with E-state index in [0.717, 1.165) is 10.2 Å². The predicted octanol–water partition coefficient (Wildman–Crippen LogP) is 8.08. The Morgan fingerprint density at radius 3 is 2.50 bits per heavy atom. The Morgan fingerprint density at radius 1 is 0.967 bits per heavy atom. The van der Waals surface area contributed by atoms with Crippen molar-refractivity contribution in [3.63, 3.8) is 0 Å². The van der Waals surface area contributed by atoms with Crippen LogP contribution in [0, 0.1) is 12.1 Å². The van der Waals surface area contributed by atoms with Gasteiger partial charge in [0.05, 0.1) is 0 Å². The van der Waals surface area contributed by atoms with E-state index in [-0.39, 0.29) is 13.5 Å². The van der Waals surface area contributed by atoms with E-state index in [4.69, 9.17) is 17.0 Å². The molecule has 1 unspecified atom stereocenters. The fourth-order valence-corrected chi connectivity index (χ4v) is 5.53. The van der Waals surface area contributed by atoms with Gasteiger partial charge < -0.3 is 13.5 Å². The molecule has 6 heteroatoms. The third-order valence-electron chi connectivity index (χ3n) is 4.95. The standard InChI is InChI=1S/C13H9.C11H6BrS.2ClH.H2S.Zr/c1-3-7-12-10(5-1)9-11-6-2-4-8-13(11)12;12-10-6-8-5-7-3-1-2-4-9(7)11(8)13-10;;;;/h1-7H,9H2;1-5,11H;2*1H;1H2;/q2*-1;;;;+2/p-3. The summed E-state index contributed by atoms with van der Waals surface area (Å²) in [6, 6.07) is 26.7. The summed E-state index contributed by atoms with van der Waals surface area (Å²) in [4.78, 5) is 0. The Balaban J connectivity index is 0.000000147. The maximum absolute atomic E-state index is 4.93. The summed E-state index contributed by atoms with van der Waals surface area (Å²) in [7, 11) is 9.87. The van der Waals surface area contributed by atoms with E-state index < -0.39 is 20.8 Å². The van der Waals surface area contributed by atoms with Gasteiger partial charge in [-0.2, -0.15) is 11.6 Å². The Bertz CT molecular complexity index is 1050. The molecule has 0 amide bonds. The van der Waals surface area contributed by atoms with Gasteiger partial charge in [-0.15, -0.1) is 52.7 Å². The zero-order valence-corrected chi connectivity index (χ0v) is 23.0. The van der Waals surface area contributed by atoms with E-state index in [1.807, 2.05) is 17.8 Å². The van der Waals surface area contributed by atoms with Crippen molar-refractivity contribution in [2.45, 2.75) is 11.7 Å². The van der Waals surface area contributed by atoms with Crippen LogP contribution in [0.1, 0.15) is 27.5 Å². The van der Waals surface area contributed by atoms with Crippen molar-refractivity contribution >= 4 is 64.3 Å². The van der Waals surface area contributed by atoms with Crippen LogP contribution in [0.5, 0.6) is 0 Å². The molecule has 0 fully saturated rings. The van der Waals surface area contributed by atoms with Crippen LogP contribution in [0.3, 0.4) is 0 Å². The molecule has 0 N–H and O–H groups in total. The maximum atomic E-state index is 4.93. The van der Waals surface area contributed by atoms with Gasteiger partial charge in [-0.05, 0) is 15.8 Å². The number of rotatable bonds is 0. The summed E-state index contributed by atoms with van der Waals surface area (Å²) in [5.41, 5.74) is 9.56. The molecule has 30 heavy (non-hydrogen) atoms. The van der Waals surface area contributed by atoms with Crippen LogP contribution in [0.15, 0.2) is 76.1 Å². The third kappa shape index (κ3) is 5.39. The van der Waals surface area contributed by atoms with Crippen molar-refractivity contribution in [3.8, 4) is 11.1 Å². The number of thioether (sulfide) groups is 1. The number of allylic oxidation sites excluding steroid dienone is 1. The number of halogens is 3. The molecule has 0 radical (unpaired) electrons. The zero-order chi connectivity index (χ0) is 20.2. The number of thiol groups is 1. The molecule has 1 heterocycles. The van der Waals surface area contributed by atoms with E-state index in [1.54, 1.807) is 0 Å². The fraction of sp³-hybridized carbons (Fsp3) is 0.0833. The van der Waals surface area contributed by atoms with Gasteiger partial charge in [0.25, 0.3) is 0 Å². The summed E-state index contributed by atoms with van der Waals surface area (Å²) in [6.07, 6.45) is 6.62. The zero-order valence-electron chi connectivity index (χ0n) is 15.7. The van der Waals surface area contributed by atoms with E-state index in [9.17, 15) is 0 Å². The number of benzene rings is 3. The molecule has 0 saturated heterocycles. The van der Waals surface area contributed by atoms with Crippen molar-refractivity contribution in [1.82, 2.24) is 0 Å². The molecule has 3 aromatic rings. The molecule has 152 valence electrons. The van der Waals surface area contributed by atoms with E-state index >= 15 is 0 Å². The van der Waals surface area contributed by atoms with E-state index in [1.165, 1.54) is 39.0 Å². The van der Waals surface area contributed by atoms with Crippen LogP contribution >= 0.6 is 44.7 Å². The monoisotopic (exact) mass is 607 g/mol. The van der Waals surface area contributed by atoms with Gasteiger partial charge in [0.1, 0.15) is 0 Å². The molecule has 1 atom stereocenters. The SMILES string of the molecule is BrC1=[C-]C2=Cc3ccccc3C2S1.[Cl][Zr][Cl].[SH-].[c-]1cccc2c1-c1ccccc1C2. The molecule has 0 saturated carbocycles. The number of hydrogen-bond acceptors (Lipinski definition) is 2. The molecular formula is C24H16BrCl2S2Zr-3. The fourth-order valence-electron chi connectivity index (χ4n) is 3.76. The molecule has 2 aliphatic carbocycles. The Labute approximate surface area is 216 Å². The van der Waals surface area contributed by atoms with Gasteiger partial charge in [0.15, 0.2) is 0 Å². The molecule has 3 aliphatic rings. The van der Waals surface area contributed by atoms with Crippen LogP contribution in [-0.2, 0) is 40.8 Å². The quantitative estimate of drug-likeness (QED) is 0.112. The molecule has 3 aromatic carbocycles. The molecular weight excluding hydrogens is 594 g/mol. The smallest absolute Gasteiger partial charge is 0.0454 e. The van der Waals surface area contributed by atoms with Crippen molar-refractivity contribution < 1.29 is 20.8 Å². The van der Waals surface area contributed by atoms with Crippen molar-refractivity contribution in [2.24, 2.45) is 0 Å². The van der Waals surface area contributed by atoms with Gasteiger partial charge in [-0.25, -0.2) is 6.08 Å². The Hall–Kier alpha value is -0.217. The number of fused-ring (bicyclic) bond motifs is 6. The second-order valence-corrected chi connectivity index (χ2v) is 12.8. The minimum absolute atomic E-state index is 0. The molecule has 0 bridgehead atoms. The maximum Gasteiger partial charge on any atom is -0.0454 e. The van der Waals surface area contributed by atoms with E-state index in [2.05, 4.69) is 94.8 Å². The minimum Gasteiger partial charge on any atom is -0.813 e. The summed E-state index contributed by atoms with van der Waals surface area (Å²) < 4.78 is 1.12. The van der Waals surface area contributed by atoms with Crippen LogP contribution in [0.2, 0.25) is 0 Å². The van der Waals surface area contributed by atoms with Crippen LogP contribution in [0.25, 0.3) is 17.2 Å². The van der Waals surface area contributed by atoms with Crippen LogP contribution in [0.4, 0.5) is 0 Å². The second kappa shape index (κ2) is 11.6. The van der Waals surface area contributed by atoms with Crippen LogP contribution in [-0.4, -0.2) is 0 Å². The van der Waals surface area contributed by atoms with Gasteiger partial charge >= 0.3 is 37.9 Å². The molecule has 6 rings (SSSR count). The Morgan fingerprint density at radius 2 is 1.67 bits per heavy atom. The van der Waals surface area contributed by atoms with Crippen molar-refractivity contribution in [2.75, 3.05) is 0 Å². The molecule has 0 nitrogen and oxygen atoms in total. The molecule has 1 aliphatic heterocycles. The normalized spacial score (nSPS) is 16.0. The van der Waals surface area contributed by atoms with E-state index in [0.29, 0.717) is 5.25 Å². The largest absolute Gasteiger partial charge is 0.813 e. The first kappa shape index (κ1) is 24.4. The third-order valence-corrected chi connectivity index (χ3v) is 6.76. The minimum atomic E-state index is -0.826. The van der Waals surface area contributed by atoms with Gasteiger partial charge in [0, 0.05) is 5.25 Å². The van der Waals surface area contributed by atoms with Gasteiger partial charge in [-0.1, -0.05) is 75.6 Å².